The van der Waals surface area contributed by atoms with E-state index in [1.165, 1.54) is 0 Å². The van der Waals surface area contributed by atoms with E-state index < -0.39 is 11.7 Å². The van der Waals surface area contributed by atoms with Gasteiger partial charge in [0.1, 0.15) is 11.6 Å². The highest BCUT2D eigenvalue weighted by Crippen LogP contribution is 2.17. The number of aromatic hydroxyl groups is 1. The SMILES string of the molecule is O=C(NCCCOCCBr)c1cc(F)ccc1O. The molecule has 0 unspecified atom stereocenters. The minimum absolute atomic E-state index is 0.0589. The lowest BCUT2D eigenvalue weighted by atomic mass is 10.2. The van der Waals surface area contributed by atoms with E-state index >= 15 is 0 Å². The Morgan fingerprint density at radius 2 is 2.22 bits per heavy atom. The maximum Gasteiger partial charge on any atom is 0.255 e. The lowest BCUT2D eigenvalue weighted by Crippen LogP contribution is -2.25. The summed E-state index contributed by atoms with van der Waals surface area (Å²) >= 11 is 3.23. The zero-order valence-electron chi connectivity index (χ0n) is 9.79. The zero-order chi connectivity index (χ0) is 13.4. The van der Waals surface area contributed by atoms with E-state index in [4.69, 9.17) is 4.74 Å². The number of phenols is 1. The summed E-state index contributed by atoms with van der Waals surface area (Å²) in [5.74, 6) is -1.28. The first kappa shape index (κ1) is 14.9. The van der Waals surface area contributed by atoms with Gasteiger partial charge in [-0.2, -0.15) is 0 Å². The van der Waals surface area contributed by atoms with Crippen molar-refractivity contribution in [1.29, 1.82) is 0 Å². The van der Waals surface area contributed by atoms with Crippen molar-refractivity contribution in [2.24, 2.45) is 0 Å². The molecule has 0 aliphatic heterocycles. The molecule has 0 aliphatic rings. The standard InChI is InChI=1S/C12H15BrFNO3/c13-4-7-18-6-1-5-15-12(17)10-8-9(14)2-3-11(10)16/h2-3,8,16H,1,4-7H2,(H,15,17). The summed E-state index contributed by atoms with van der Waals surface area (Å²) in [6, 6.07) is 3.26. The quantitative estimate of drug-likeness (QED) is 0.597. The van der Waals surface area contributed by atoms with Crippen molar-refractivity contribution < 1.29 is 19.0 Å². The molecule has 1 rings (SSSR count). The van der Waals surface area contributed by atoms with Gasteiger partial charge >= 0.3 is 0 Å². The fraction of sp³-hybridized carbons (Fsp3) is 0.417. The molecule has 0 heterocycles. The summed E-state index contributed by atoms with van der Waals surface area (Å²) in [5, 5.41) is 12.8. The highest BCUT2D eigenvalue weighted by Gasteiger charge is 2.11. The molecule has 0 radical (unpaired) electrons. The van der Waals surface area contributed by atoms with Gasteiger partial charge in [0.25, 0.3) is 5.91 Å². The van der Waals surface area contributed by atoms with E-state index in [9.17, 15) is 14.3 Å². The second-order valence-corrected chi connectivity index (χ2v) is 4.37. The molecule has 2 N–H and O–H groups in total. The monoisotopic (exact) mass is 319 g/mol. The van der Waals surface area contributed by atoms with Crippen molar-refractivity contribution in [1.82, 2.24) is 5.32 Å². The maximum atomic E-state index is 12.9. The van der Waals surface area contributed by atoms with Crippen molar-refractivity contribution in [2.45, 2.75) is 6.42 Å². The highest BCUT2D eigenvalue weighted by atomic mass is 79.9. The smallest absolute Gasteiger partial charge is 0.255 e. The number of amides is 1. The maximum absolute atomic E-state index is 12.9. The lowest BCUT2D eigenvalue weighted by molar-refractivity contribution is 0.0941. The number of benzene rings is 1. The van der Waals surface area contributed by atoms with Crippen LogP contribution in [-0.4, -0.2) is 36.1 Å². The van der Waals surface area contributed by atoms with Crippen LogP contribution in [0.25, 0.3) is 0 Å². The van der Waals surface area contributed by atoms with Crippen LogP contribution in [0, 0.1) is 5.82 Å². The van der Waals surface area contributed by atoms with E-state index in [0.29, 0.717) is 26.2 Å². The largest absolute Gasteiger partial charge is 0.507 e. The molecular weight excluding hydrogens is 305 g/mol. The third-order valence-corrected chi connectivity index (χ3v) is 2.50. The molecule has 0 aromatic heterocycles. The Labute approximate surface area is 113 Å². The minimum atomic E-state index is -0.557. The van der Waals surface area contributed by atoms with E-state index in [1.54, 1.807) is 0 Å². The molecule has 0 aliphatic carbocycles. The summed E-state index contributed by atoms with van der Waals surface area (Å²) in [5.41, 5.74) is -0.0589. The number of halogens is 2. The van der Waals surface area contributed by atoms with E-state index in [0.717, 1.165) is 23.5 Å². The molecule has 18 heavy (non-hydrogen) atoms. The van der Waals surface area contributed by atoms with Gasteiger partial charge in [0.15, 0.2) is 0 Å². The van der Waals surface area contributed by atoms with Crippen LogP contribution in [-0.2, 0) is 4.74 Å². The Morgan fingerprint density at radius 3 is 2.94 bits per heavy atom. The van der Waals surface area contributed by atoms with Crippen LogP contribution < -0.4 is 5.32 Å². The van der Waals surface area contributed by atoms with Gasteiger partial charge in [-0.1, -0.05) is 15.9 Å². The molecular formula is C12H15BrFNO3. The predicted octanol–water partition coefficient (Wildman–Crippen LogP) is 2.06. The summed E-state index contributed by atoms with van der Waals surface area (Å²) in [7, 11) is 0. The molecule has 4 nitrogen and oxygen atoms in total. The topological polar surface area (TPSA) is 58.6 Å². The third-order valence-electron chi connectivity index (χ3n) is 2.18. The van der Waals surface area contributed by atoms with Crippen LogP contribution in [0.1, 0.15) is 16.8 Å². The van der Waals surface area contributed by atoms with Crippen LogP contribution in [0.4, 0.5) is 4.39 Å². The minimum Gasteiger partial charge on any atom is -0.507 e. The zero-order valence-corrected chi connectivity index (χ0v) is 11.4. The van der Waals surface area contributed by atoms with Crippen LogP contribution in [0.2, 0.25) is 0 Å². The van der Waals surface area contributed by atoms with Gasteiger partial charge in [-0.3, -0.25) is 4.79 Å². The van der Waals surface area contributed by atoms with Gasteiger partial charge in [-0.15, -0.1) is 0 Å². The van der Waals surface area contributed by atoms with E-state index in [1.807, 2.05) is 0 Å². The molecule has 6 heteroatoms. The number of phenolic OH excluding ortho intramolecular Hbond substituents is 1. The number of ether oxygens (including phenoxy) is 1. The number of nitrogens with one attached hydrogen (secondary N) is 1. The summed E-state index contributed by atoms with van der Waals surface area (Å²) < 4.78 is 18.1. The number of rotatable bonds is 7. The number of hydrogen-bond acceptors (Lipinski definition) is 3. The Balaban J connectivity index is 2.34. The lowest BCUT2D eigenvalue weighted by Gasteiger charge is -2.07. The van der Waals surface area contributed by atoms with Crippen molar-refractivity contribution in [3.8, 4) is 5.75 Å². The van der Waals surface area contributed by atoms with Gasteiger partial charge in [0.2, 0.25) is 0 Å². The summed E-state index contributed by atoms with van der Waals surface area (Å²) in [6.45, 7) is 1.58. The summed E-state index contributed by atoms with van der Waals surface area (Å²) in [4.78, 5) is 11.6. The normalized spacial score (nSPS) is 10.3. The molecule has 1 amide bonds. The summed E-state index contributed by atoms with van der Waals surface area (Å²) in [6.07, 6.45) is 0.662. The van der Waals surface area contributed by atoms with E-state index in [2.05, 4.69) is 21.2 Å². The Kier molecular flexibility index (Phi) is 6.67. The second-order valence-electron chi connectivity index (χ2n) is 3.57. The van der Waals surface area contributed by atoms with Gasteiger partial charge in [0, 0.05) is 18.5 Å². The first-order valence-electron chi connectivity index (χ1n) is 5.55. The molecule has 0 atom stereocenters. The van der Waals surface area contributed by atoms with Gasteiger partial charge < -0.3 is 15.2 Å². The fourth-order valence-corrected chi connectivity index (χ4v) is 1.55. The highest BCUT2D eigenvalue weighted by molar-refractivity contribution is 9.09. The van der Waals surface area contributed by atoms with Crippen molar-refractivity contribution >= 4 is 21.8 Å². The number of hydrogen-bond donors (Lipinski definition) is 2. The molecule has 0 saturated heterocycles. The molecule has 0 fully saturated rings. The van der Waals surface area contributed by atoms with Crippen molar-refractivity contribution in [2.75, 3.05) is 25.1 Å². The van der Waals surface area contributed by atoms with Crippen LogP contribution >= 0.6 is 15.9 Å². The molecule has 100 valence electrons. The first-order valence-corrected chi connectivity index (χ1v) is 6.67. The predicted molar refractivity (Wildman–Crippen MR) is 69.6 cm³/mol. The third kappa shape index (κ3) is 5.01. The van der Waals surface area contributed by atoms with E-state index in [-0.39, 0.29) is 11.3 Å². The van der Waals surface area contributed by atoms with Crippen LogP contribution in [0.3, 0.4) is 0 Å². The molecule has 0 saturated carbocycles. The number of alkyl halides is 1. The Bertz CT molecular complexity index is 401. The first-order chi connectivity index (χ1) is 8.65. The van der Waals surface area contributed by atoms with Crippen molar-refractivity contribution in [3.63, 3.8) is 0 Å². The van der Waals surface area contributed by atoms with Crippen molar-refractivity contribution in [3.05, 3.63) is 29.6 Å². The Hall–Kier alpha value is -1.14. The van der Waals surface area contributed by atoms with Crippen LogP contribution in [0.15, 0.2) is 18.2 Å². The van der Waals surface area contributed by atoms with Gasteiger partial charge in [0.05, 0.1) is 12.2 Å². The molecule has 0 spiro atoms. The Morgan fingerprint density at radius 1 is 1.44 bits per heavy atom. The molecule has 1 aromatic rings. The fourth-order valence-electron chi connectivity index (χ4n) is 1.32. The average Bonchev–Trinajstić information content (AvgIpc) is 2.36. The van der Waals surface area contributed by atoms with Gasteiger partial charge in [-0.25, -0.2) is 4.39 Å². The number of carbonyl (C=O) groups excluding carboxylic acids is 1. The second kappa shape index (κ2) is 8.05. The van der Waals surface area contributed by atoms with Gasteiger partial charge in [-0.05, 0) is 24.6 Å². The van der Waals surface area contributed by atoms with Crippen LogP contribution in [0.5, 0.6) is 5.75 Å². The molecule has 0 bridgehead atoms. The number of carbonyl (C=O) groups is 1. The molecule has 1 aromatic carbocycles. The average molecular weight is 320 g/mol.